The average Bonchev–Trinajstić information content (AvgIpc) is 2.95. The zero-order chi connectivity index (χ0) is 17.5. The number of carbonyl (C=O) groups is 3. The molecular weight excluding hydrogens is 308 g/mol. The number of amides is 4. The molecular formula is C17H30N4O3. The van der Waals surface area contributed by atoms with Crippen LogP contribution in [0.25, 0.3) is 0 Å². The first kappa shape index (κ1) is 18.7. The third-order valence-corrected chi connectivity index (χ3v) is 5.21. The number of urea groups is 1. The molecule has 1 saturated carbocycles. The summed E-state index contributed by atoms with van der Waals surface area (Å²) in [5, 5.41) is 4.70. The summed E-state index contributed by atoms with van der Waals surface area (Å²) in [5.74, 6) is 0.514. The molecule has 1 heterocycles. The van der Waals surface area contributed by atoms with Crippen molar-refractivity contribution in [2.75, 3.05) is 33.2 Å². The Hall–Kier alpha value is -1.63. The van der Waals surface area contributed by atoms with Gasteiger partial charge in [-0.25, -0.2) is 4.79 Å². The topological polar surface area (TPSA) is 81.8 Å². The Labute approximate surface area is 144 Å². The number of hydrogen-bond acceptors (Lipinski definition) is 4. The summed E-state index contributed by atoms with van der Waals surface area (Å²) in [4.78, 5) is 39.8. The summed E-state index contributed by atoms with van der Waals surface area (Å²) < 4.78 is 0. The van der Waals surface area contributed by atoms with E-state index >= 15 is 0 Å². The fourth-order valence-corrected chi connectivity index (χ4v) is 3.61. The van der Waals surface area contributed by atoms with Crippen LogP contribution in [0.15, 0.2) is 0 Å². The standard InChI is InChI=1S/C17H30N4O3/c1-13(16(23)19-17(24)18-2)20-8-5-9-21(11-10-20)15(22)12-14-6-3-4-7-14/h13-14H,3-12H2,1-2H3,(H2,18,19,23,24)/t13-/m1/s1. The number of nitrogens with one attached hydrogen (secondary N) is 2. The summed E-state index contributed by atoms with van der Waals surface area (Å²) in [6.45, 7) is 4.64. The zero-order valence-electron chi connectivity index (χ0n) is 14.8. The van der Waals surface area contributed by atoms with Crippen molar-refractivity contribution in [1.29, 1.82) is 0 Å². The maximum absolute atomic E-state index is 12.5. The van der Waals surface area contributed by atoms with E-state index in [0.717, 1.165) is 19.5 Å². The van der Waals surface area contributed by atoms with Gasteiger partial charge in [-0.2, -0.15) is 0 Å². The summed E-state index contributed by atoms with van der Waals surface area (Å²) in [6.07, 6.45) is 6.40. The summed E-state index contributed by atoms with van der Waals surface area (Å²) in [7, 11) is 1.48. The third-order valence-electron chi connectivity index (χ3n) is 5.21. The molecule has 0 aromatic rings. The van der Waals surface area contributed by atoms with Gasteiger partial charge < -0.3 is 10.2 Å². The largest absolute Gasteiger partial charge is 0.341 e. The lowest BCUT2D eigenvalue weighted by molar-refractivity contribution is -0.132. The fraction of sp³-hybridized carbons (Fsp3) is 0.824. The van der Waals surface area contributed by atoms with Crippen LogP contribution in [0.2, 0.25) is 0 Å². The number of imide groups is 1. The predicted octanol–water partition coefficient (Wildman–Crippen LogP) is 0.945. The highest BCUT2D eigenvalue weighted by Crippen LogP contribution is 2.28. The van der Waals surface area contributed by atoms with E-state index in [4.69, 9.17) is 0 Å². The first-order chi connectivity index (χ1) is 11.5. The predicted molar refractivity (Wildman–Crippen MR) is 91.4 cm³/mol. The quantitative estimate of drug-likeness (QED) is 0.799. The number of rotatable bonds is 4. The van der Waals surface area contributed by atoms with E-state index in [1.54, 1.807) is 6.92 Å². The molecule has 1 aliphatic carbocycles. The Morgan fingerprint density at radius 3 is 2.42 bits per heavy atom. The van der Waals surface area contributed by atoms with E-state index in [1.807, 2.05) is 9.80 Å². The van der Waals surface area contributed by atoms with Crippen LogP contribution < -0.4 is 10.6 Å². The van der Waals surface area contributed by atoms with Crippen LogP contribution in [0.5, 0.6) is 0 Å². The van der Waals surface area contributed by atoms with Crippen molar-refractivity contribution in [1.82, 2.24) is 20.4 Å². The molecule has 7 heteroatoms. The first-order valence-corrected chi connectivity index (χ1v) is 9.05. The van der Waals surface area contributed by atoms with Crippen LogP contribution in [0.1, 0.15) is 45.4 Å². The van der Waals surface area contributed by atoms with Gasteiger partial charge in [-0.1, -0.05) is 12.8 Å². The lowest BCUT2D eigenvalue weighted by atomic mass is 10.0. The molecule has 7 nitrogen and oxygen atoms in total. The Morgan fingerprint density at radius 1 is 1.04 bits per heavy atom. The molecule has 1 saturated heterocycles. The second kappa shape index (κ2) is 9.01. The van der Waals surface area contributed by atoms with Crippen LogP contribution in [0.3, 0.4) is 0 Å². The van der Waals surface area contributed by atoms with Gasteiger partial charge in [0.2, 0.25) is 11.8 Å². The van der Waals surface area contributed by atoms with Gasteiger partial charge in [-0.3, -0.25) is 19.8 Å². The van der Waals surface area contributed by atoms with E-state index in [1.165, 1.54) is 32.7 Å². The minimum Gasteiger partial charge on any atom is -0.341 e. The van der Waals surface area contributed by atoms with Crippen LogP contribution in [-0.4, -0.2) is 66.9 Å². The minimum absolute atomic E-state index is 0.256. The molecule has 136 valence electrons. The lowest BCUT2D eigenvalue weighted by Gasteiger charge is -2.26. The molecule has 2 rings (SSSR count). The van der Waals surface area contributed by atoms with Crippen molar-refractivity contribution in [3.05, 3.63) is 0 Å². The number of carbonyl (C=O) groups excluding carboxylic acids is 3. The molecule has 0 aromatic carbocycles. The van der Waals surface area contributed by atoms with Crippen molar-refractivity contribution in [3.8, 4) is 0 Å². The van der Waals surface area contributed by atoms with Crippen LogP contribution >= 0.6 is 0 Å². The monoisotopic (exact) mass is 338 g/mol. The van der Waals surface area contributed by atoms with Crippen LogP contribution in [0.4, 0.5) is 4.79 Å². The van der Waals surface area contributed by atoms with Gasteiger partial charge in [-0.15, -0.1) is 0 Å². The molecule has 0 bridgehead atoms. The molecule has 4 amide bonds. The normalized spacial score (nSPS) is 21.2. The van der Waals surface area contributed by atoms with Crippen LogP contribution in [0, 0.1) is 5.92 Å². The minimum atomic E-state index is -0.491. The van der Waals surface area contributed by atoms with Gasteiger partial charge in [-0.05, 0) is 32.1 Å². The maximum atomic E-state index is 12.5. The van der Waals surface area contributed by atoms with Crippen molar-refractivity contribution in [2.24, 2.45) is 5.92 Å². The molecule has 0 unspecified atom stereocenters. The molecule has 2 fully saturated rings. The number of hydrogen-bond donors (Lipinski definition) is 2. The van der Waals surface area contributed by atoms with Crippen LogP contribution in [-0.2, 0) is 9.59 Å². The van der Waals surface area contributed by atoms with Crippen molar-refractivity contribution >= 4 is 17.8 Å². The molecule has 1 atom stereocenters. The Kier molecular flexibility index (Phi) is 7.02. The number of nitrogens with zero attached hydrogens (tertiary/aromatic N) is 2. The Bertz CT molecular complexity index is 463. The Morgan fingerprint density at radius 2 is 1.75 bits per heavy atom. The average molecular weight is 338 g/mol. The van der Waals surface area contributed by atoms with Gasteiger partial charge in [0.05, 0.1) is 6.04 Å². The highest BCUT2D eigenvalue weighted by atomic mass is 16.2. The molecule has 0 radical (unpaired) electrons. The van der Waals surface area contributed by atoms with Gasteiger partial charge in [0.1, 0.15) is 0 Å². The van der Waals surface area contributed by atoms with Gasteiger partial charge >= 0.3 is 6.03 Å². The first-order valence-electron chi connectivity index (χ1n) is 9.05. The maximum Gasteiger partial charge on any atom is 0.321 e. The summed E-state index contributed by atoms with van der Waals surface area (Å²) in [6, 6.07) is -0.873. The smallest absolute Gasteiger partial charge is 0.321 e. The zero-order valence-corrected chi connectivity index (χ0v) is 14.8. The van der Waals surface area contributed by atoms with E-state index < -0.39 is 6.03 Å². The van der Waals surface area contributed by atoms with E-state index in [2.05, 4.69) is 10.6 Å². The highest BCUT2D eigenvalue weighted by molar-refractivity contribution is 5.96. The summed E-state index contributed by atoms with van der Waals surface area (Å²) in [5.41, 5.74) is 0. The van der Waals surface area contributed by atoms with E-state index in [9.17, 15) is 14.4 Å². The van der Waals surface area contributed by atoms with E-state index in [-0.39, 0.29) is 17.9 Å². The second-order valence-corrected chi connectivity index (χ2v) is 6.87. The SMILES string of the molecule is CNC(=O)NC(=O)[C@@H](C)N1CCCN(C(=O)CC2CCCC2)CC1. The molecule has 2 aliphatic rings. The van der Waals surface area contributed by atoms with Gasteiger partial charge in [0.25, 0.3) is 0 Å². The summed E-state index contributed by atoms with van der Waals surface area (Å²) >= 11 is 0. The van der Waals surface area contributed by atoms with E-state index in [0.29, 0.717) is 25.4 Å². The highest BCUT2D eigenvalue weighted by Gasteiger charge is 2.27. The molecule has 0 spiro atoms. The van der Waals surface area contributed by atoms with Crippen molar-refractivity contribution in [3.63, 3.8) is 0 Å². The molecule has 2 N–H and O–H groups in total. The lowest BCUT2D eigenvalue weighted by Crippen LogP contribution is -2.50. The van der Waals surface area contributed by atoms with Crippen molar-refractivity contribution in [2.45, 2.75) is 51.5 Å². The fourth-order valence-electron chi connectivity index (χ4n) is 3.61. The third kappa shape index (κ3) is 5.19. The van der Waals surface area contributed by atoms with Gasteiger partial charge in [0.15, 0.2) is 0 Å². The Balaban J connectivity index is 1.81. The van der Waals surface area contributed by atoms with Gasteiger partial charge in [0, 0.05) is 39.6 Å². The molecule has 0 aromatic heterocycles. The molecule has 1 aliphatic heterocycles. The molecule has 24 heavy (non-hydrogen) atoms. The van der Waals surface area contributed by atoms with Crippen molar-refractivity contribution < 1.29 is 14.4 Å². The second-order valence-electron chi connectivity index (χ2n) is 6.87.